The van der Waals surface area contributed by atoms with Crippen LogP contribution in [0.2, 0.25) is 0 Å². The van der Waals surface area contributed by atoms with E-state index in [4.69, 9.17) is 4.84 Å². The SMILES string of the molecule is CO/N=C(\C)c1ccc2c(c1)N(S(=O)(=O)c1ccc(C(C)(C)C)cc1)Cc1ccc(C(F)(F)F)nc1N2. The highest BCUT2D eigenvalue weighted by Crippen LogP contribution is 2.40. The van der Waals surface area contributed by atoms with Crippen LogP contribution in [0.3, 0.4) is 0 Å². The molecule has 7 nitrogen and oxygen atoms in total. The number of fused-ring (bicyclic) bond motifs is 2. The lowest BCUT2D eigenvalue weighted by molar-refractivity contribution is -0.141. The summed E-state index contributed by atoms with van der Waals surface area (Å²) in [6.07, 6.45) is -4.65. The largest absolute Gasteiger partial charge is 0.433 e. The van der Waals surface area contributed by atoms with E-state index < -0.39 is 21.9 Å². The highest BCUT2D eigenvalue weighted by Gasteiger charge is 2.35. The summed E-state index contributed by atoms with van der Waals surface area (Å²) in [4.78, 5) is 8.66. The molecule has 1 aromatic heterocycles. The molecule has 0 bridgehead atoms. The Morgan fingerprint density at radius 2 is 1.73 bits per heavy atom. The van der Waals surface area contributed by atoms with Crippen molar-refractivity contribution in [1.82, 2.24) is 4.98 Å². The molecule has 0 saturated carbocycles. The molecule has 2 heterocycles. The number of hydrogen-bond donors (Lipinski definition) is 1. The van der Waals surface area contributed by atoms with E-state index in [1.54, 1.807) is 49.4 Å². The van der Waals surface area contributed by atoms with Crippen molar-refractivity contribution in [2.45, 2.75) is 50.7 Å². The molecule has 11 heteroatoms. The van der Waals surface area contributed by atoms with Gasteiger partial charge in [0.2, 0.25) is 0 Å². The average molecular weight is 533 g/mol. The quantitative estimate of drug-likeness (QED) is 0.319. The van der Waals surface area contributed by atoms with Crippen molar-refractivity contribution < 1.29 is 26.4 Å². The predicted molar refractivity (Wildman–Crippen MR) is 137 cm³/mol. The van der Waals surface area contributed by atoms with E-state index in [1.165, 1.54) is 17.5 Å². The summed E-state index contributed by atoms with van der Waals surface area (Å²) in [6, 6.07) is 13.6. The van der Waals surface area contributed by atoms with Crippen molar-refractivity contribution in [2.75, 3.05) is 16.7 Å². The van der Waals surface area contributed by atoms with Crippen LogP contribution in [0.1, 0.15) is 50.1 Å². The lowest BCUT2D eigenvalue weighted by atomic mass is 9.87. The van der Waals surface area contributed by atoms with E-state index in [0.717, 1.165) is 11.6 Å². The van der Waals surface area contributed by atoms with Gasteiger partial charge in [0.25, 0.3) is 10.0 Å². The van der Waals surface area contributed by atoms with Gasteiger partial charge in [-0.2, -0.15) is 13.2 Å². The molecular weight excluding hydrogens is 505 g/mol. The Hall–Kier alpha value is -3.60. The van der Waals surface area contributed by atoms with E-state index >= 15 is 0 Å². The van der Waals surface area contributed by atoms with Gasteiger partial charge in [-0.05, 0) is 48.2 Å². The minimum atomic E-state index is -4.65. The molecule has 4 rings (SSSR count). The second kappa shape index (κ2) is 9.37. The number of sulfonamides is 1. The fraction of sp³-hybridized carbons (Fsp3) is 0.308. The maximum atomic E-state index is 13.9. The summed E-state index contributed by atoms with van der Waals surface area (Å²) in [6.45, 7) is 7.55. The normalized spacial score (nSPS) is 14.4. The van der Waals surface area contributed by atoms with Gasteiger partial charge in [0.15, 0.2) is 0 Å². The van der Waals surface area contributed by atoms with Gasteiger partial charge in [0.05, 0.1) is 28.5 Å². The second-order valence-electron chi connectivity index (χ2n) is 9.70. The average Bonchev–Trinajstić information content (AvgIpc) is 2.99. The third-order valence-corrected chi connectivity index (χ3v) is 7.83. The highest BCUT2D eigenvalue weighted by molar-refractivity contribution is 7.92. The van der Waals surface area contributed by atoms with Gasteiger partial charge in [0, 0.05) is 11.1 Å². The number of nitrogens with one attached hydrogen (secondary N) is 1. The number of pyridine rings is 1. The number of hydrogen-bond acceptors (Lipinski definition) is 6. The molecule has 0 radical (unpaired) electrons. The molecule has 1 aliphatic rings. The third kappa shape index (κ3) is 5.27. The minimum absolute atomic E-state index is 0.0578. The maximum absolute atomic E-state index is 13.9. The zero-order valence-electron chi connectivity index (χ0n) is 21.0. The Morgan fingerprint density at radius 3 is 2.32 bits per heavy atom. The van der Waals surface area contributed by atoms with Gasteiger partial charge in [0.1, 0.15) is 18.6 Å². The van der Waals surface area contributed by atoms with E-state index in [1.807, 2.05) is 20.8 Å². The Morgan fingerprint density at radius 1 is 1.05 bits per heavy atom. The van der Waals surface area contributed by atoms with Crippen molar-refractivity contribution in [3.05, 3.63) is 77.0 Å². The molecule has 0 aliphatic carbocycles. The molecule has 0 spiro atoms. The van der Waals surface area contributed by atoms with Crippen LogP contribution in [-0.2, 0) is 33.0 Å². The molecule has 0 atom stereocenters. The van der Waals surface area contributed by atoms with E-state index in [2.05, 4.69) is 15.5 Å². The number of oxime groups is 1. The Kier molecular flexibility index (Phi) is 6.70. The molecule has 0 unspecified atom stereocenters. The van der Waals surface area contributed by atoms with Gasteiger partial charge in [-0.3, -0.25) is 4.31 Å². The van der Waals surface area contributed by atoms with Crippen LogP contribution < -0.4 is 9.62 Å². The zero-order valence-corrected chi connectivity index (χ0v) is 21.8. The summed E-state index contributed by atoms with van der Waals surface area (Å²) in [5.74, 6) is -0.0631. The fourth-order valence-corrected chi connectivity index (χ4v) is 5.43. The summed E-state index contributed by atoms with van der Waals surface area (Å²) in [5.41, 5.74) is 1.63. The Bertz CT molecular complexity index is 1460. The Labute approximate surface area is 214 Å². The Balaban J connectivity index is 1.89. The minimum Gasteiger partial charge on any atom is -0.399 e. The van der Waals surface area contributed by atoms with Crippen molar-refractivity contribution >= 4 is 32.9 Å². The molecule has 0 amide bonds. The molecular formula is C26H27F3N4O3S. The molecule has 0 saturated heterocycles. The topological polar surface area (TPSA) is 83.9 Å². The van der Waals surface area contributed by atoms with Crippen LogP contribution in [0, 0.1) is 0 Å². The smallest absolute Gasteiger partial charge is 0.399 e. The zero-order chi connectivity index (χ0) is 27.2. The van der Waals surface area contributed by atoms with Gasteiger partial charge < -0.3 is 10.2 Å². The number of rotatable bonds is 4. The first-order valence-electron chi connectivity index (χ1n) is 11.4. The molecule has 3 aromatic rings. The number of benzene rings is 2. The van der Waals surface area contributed by atoms with Crippen LogP contribution in [0.25, 0.3) is 0 Å². The lowest BCUT2D eigenvalue weighted by Crippen LogP contribution is -2.30. The first kappa shape index (κ1) is 26.5. The maximum Gasteiger partial charge on any atom is 0.433 e. The monoisotopic (exact) mass is 532 g/mol. The van der Waals surface area contributed by atoms with Crippen molar-refractivity contribution in [3.63, 3.8) is 0 Å². The summed E-state index contributed by atoms with van der Waals surface area (Å²) < 4.78 is 69.1. The predicted octanol–water partition coefficient (Wildman–Crippen LogP) is 6.22. The molecule has 1 N–H and O–H groups in total. The summed E-state index contributed by atoms with van der Waals surface area (Å²) in [7, 11) is -2.73. The summed E-state index contributed by atoms with van der Waals surface area (Å²) >= 11 is 0. The van der Waals surface area contributed by atoms with Crippen LogP contribution in [0.4, 0.5) is 30.4 Å². The molecule has 196 valence electrons. The van der Waals surface area contributed by atoms with Crippen LogP contribution in [-0.4, -0.2) is 26.2 Å². The lowest BCUT2D eigenvalue weighted by Gasteiger charge is -2.26. The number of aromatic nitrogens is 1. The van der Waals surface area contributed by atoms with Crippen LogP contribution >= 0.6 is 0 Å². The highest BCUT2D eigenvalue weighted by atomic mass is 32.2. The molecule has 2 aromatic carbocycles. The van der Waals surface area contributed by atoms with Gasteiger partial charge in [-0.15, -0.1) is 0 Å². The summed E-state index contributed by atoms with van der Waals surface area (Å²) in [5, 5.41) is 6.82. The first-order valence-corrected chi connectivity index (χ1v) is 12.9. The number of halogens is 3. The van der Waals surface area contributed by atoms with Gasteiger partial charge in [-0.1, -0.05) is 50.2 Å². The van der Waals surface area contributed by atoms with Crippen LogP contribution in [0.15, 0.2) is 64.6 Å². The third-order valence-electron chi connectivity index (χ3n) is 6.06. The van der Waals surface area contributed by atoms with Crippen molar-refractivity contribution in [3.8, 4) is 0 Å². The van der Waals surface area contributed by atoms with Crippen molar-refractivity contribution in [1.29, 1.82) is 0 Å². The van der Waals surface area contributed by atoms with Crippen molar-refractivity contribution in [2.24, 2.45) is 5.16 Å². The standard InChI is InChI=1S/C26H27F3N4O3S/c1-16(32-36-5)17-6-12-21-22(14-17)33(15-18-7-13-23(26(27,28)29)31-24(18)30-21)37(34,35)20-10-8-19(9-11-20)25(2,3)4/h6-14H,15H2,1-5H3,(H,30,31)/b32-16+. The van der Waals surface area contributed by atoms with Gasteiger partial charge >= 0.3 is 6.18 Å². The fourth-order valence-electron chi connectivity index (χ4n) is 3.98. The second-order valence-corrected chi connectivity index (χ2v) is 11.6. The molecule has 1 aliphatic heterocycles. The van der Waals surface area contributed by atoms with E-state index in [9.17, 15) is 21.6 Å². The van der Waals surface area contributed by atoms with E-state index in [-0.39, 0.29) is 34.0 Å². The first-order chi connectivity index (χ1) is 17.2. The van der Waals surface area contributed by atoms with E-state index in [0.29, 0.717) is 16.8 Å². The molecule has 0 fully saturated rings. The molecule has 37 heavy (non-hydrogen) atoms. The van der Waals surface area contributed by atoms with Gasteiger partial charge in [-0.25, -0.2) is 13.4 Å². The number of anilines is 3. The number of alkyl halides is 3. The number of nitrogens with zero attached hydrogens (tertiary/aromatic N) is 3. The van der Waals surface area contributed by atoms with Crippen LogP contribution in [0.5, 0.6) is 0 Å².